The Bertz CT molecular complexity index is 443. The highest BCUT2D eigenvalue weighted by atomic mass is 16.4. The summed E-state index contributed by atoms with van der Waals surface area (Å²) in [5.41, 5.74) is 0.877. The third-order valence-electron chi connectivity index (χ3n) is 2.52. The van der Waals surface area contributed by atoms with Crippen molar-refractivity contribution in [3.05, 3.63) is 42.0 Å². The van der Waals surface area contributed by atoms with Gasteiger partial charge in [0.05, 0.1) is 0 Å². The average Bonchev–Trinajstić information content (AvgIpc) is 2.29. The lowest BCUT2D eigenvalue weighted by Gasteiger charge is -2.15. The molecule has 0 bridgehead atoms. The highest BCUT2D eigenvalue weighted by Crippen LogP contribution is 2.15. The van der Waals surface area contributed by atoms with Gasteiger partial charge in [-0.15, -0.1) is 0 Å². The zero-order valence-corrected chi connectivity index (χ0v) is 11.6. The Hall–Kier alpha value is -1.81. The van der Waals surface area contributed by atoms with Gasteiger partial charge in [0.2, 0.25) is 0 Å². The monoisotopic (exact) mass is 263 g/mol. The maximum absolute atomic E-state index is 11.1. The predicted molar refractivity (Wildman–Crippen MR) is 75.0 cm³/mol. The summed E-state index contributed by atoms with van der Waals surface area (Å²) in [7, 11) is 0. The Morgan fingerprint density at radius 3 is 2.37 bits per heavy atom. The van der Waals surface area contributed by atoms with Gasteiger partial charge in [0, 0.05) is 6.54 Å². The van der Waals surface area contributed by atoms with Gasteiger partial charge >= 0.3 is 5.97 Å². The Morgan fingerprint density at radius 1 is 1.32 bits per heavy atom. The number of aliphatic carboxylic acids is 1. The number of hydrogen-bond acceptors (Lipinski definition) is 3. The SMILES string of the molecule is CC(C)(C)/C=C/C(NCc1ccc(O)cc1)C(=O)O. The lowest BCUT2D eigenvalue weighted by Crippen LogP contribution is -2.34. The first-order chi connectivity index (χ1) is 8.78. The van der Waals surface area contributed by atoms with Crippen molar-refractivity contribution in [1.29, 1.82) is 0 Å². The fourth-order valence-electron chi connectivity index (χ4n) is 1.46. The molecule has 1 atom stereocenters. The molecule has 0 heterocycles. The van der Waals surface area contributed by atoms with Gasteiger partial charge in [-0.25, -0.2) is 0 Å². The highest BCUT2D eigenvalue weighted by molar-refractivity contribution is 5.75. The maximum atomic E-state index is 11.1. The van der Waals surface area contributed by atoms with Gasteiger partial charge in [-0.05, 0) is 23.1 Å². The molecule has 0 saturated heterocycles. The summed E-state index contributed by atoms with van der Waals surface area (Å²) < 4.78 is 0. The molecular weight excluding hydrogens is 242 g/mol. The smallest absolute Gasteiger partial charge is 0.324 e. The summed E-state index contributed by atoms with van der Waals surface area (Å²) in [5.74, 6) is -0.703. The van der Waals surface area contributed by atoms with Crippen molar-refractivity contribution in [2.24, 2.45) is 5.41 Å². The molecule has 0 radical (unpaired) electrons. The van der Waals surface area contributed by atoms with Gasteiger partial charge in [0.1, 0.15) is 11.8 Å². The van der Waals surface area contributed by atoms with Crippen LogP contribution in [0.25, 0.3) is 0 Å². The van der Waals surface area contributed by atoms with Crippen LogP contribution < -0.4 is 5.32 Å². The van der Waals surface area contributed by atoms with E-state index in [0.717, 1.165) is 5.56 Å². The molecule has 4 nitrogen and oxygen atoms in total. The first-order valence-electron chi connectivity index (χ1n) is 6.21. The number of carboxylic acid groups (broad SMARTS) is 1. The maximum Gasteiger partial charge on any atom is 0.324 e. The molecule has 0 aromatic heterocycles. The van der Waals surface area contributed by atoms with Crippen LogP contribution in [0.5, 0.6) is 5.75 Å². The van der Waals surface area contributed by atoms with Gasteiger partial charge in [-0.2, -0.15) is 0 Å². The Labute approximate surface area is 113 Å². The number of carboxylic acids is 1. The summed E-state index contributed by atoms with van der Waals surface area (Å²) in [6.07, 6.45) is 3.55. The van der Waals surface area contributed by atoms with Crippen molar-refractivity contribution in [1.82, 2.24) is 5.32 Å². The van der Waals surface area contributed by atoms with Crippen molar-refractivity contribution in [2.45, 2.75) is 33.4 Å². The molecule has 1 rings (SSSR count). The predicted octanol–water partition coefficient (Wildman–Crippen LogP) is 2.54. The van der Waals surface area contributed by atoms with E-state index in [2.05, 4.69) is 5.32 Å². The van der Waals surface area contributed by atoms with Crippen molar-refractivity contribution in [3.63, 3.8) is 0 Å². The number of phenolic OH excluding ortho intramolecular Hbond substituents is 1. The van der Waals surface area contributed by atoms with Crippen LogP contribution in [0.2, 0.25) is 0 Å². The largest absolute Gasteiger partial charge is 0.508 e. The molecule has 0 amide bonds. The van der Waals surface area contributed by atoms with Gasteiger partial charge in [-0.3, -0.25) is 10.1 Å². The summed E-state index contributed by atoms with van der Waals surface area (Å²) in [6.45, 7) is 6.48. The van der Waals surface area contributed by atoms with Crippen molar-refractivity contribution in [2.75, 3.05) is 0 Å². The number of aromatic hydroxyl groups is 1. The van der Waals surface area contributed by atoms with E-state index in [9.17, 15) is 9.90 Å². The summed E-state index contributed by atoms with van der Waals surface area (Å²) in [4.78, 5) is 11.1. The number of phenols is 1. The standard InChI is InChI=1S/C15H21NO3/c1-15(2,3)9-8-13(14(18)19)16-10-11-4-6-12(17)7-5-11/h4-9,13,16-17H,10H2,1-3H3,(H,18,19)/b9-8+. The highest BCUT2D eigenvalue weighted by Gasteiger charge is 2.14. The molecule has 0 spiro atoms. The van der Waals surface area contributed by atoms with E-state index in [1.807, 2.05) is 26.8 Å². The average molecular weight is 263 g/mol. The van der Waals surface area contributed by atoms with Crippen LogP contribution in [0.4, 0.5) is 0 Å². The number of nitrogens with one attached hydrogen (secondary N) is 1. The fraction of sp³-hybridized carbons (Fsp3) is 0.400. The van der Waals surface area contributed by atoms with E-state index in [0.29, 0.717) is 6.54 Å². The number of benzene rings is 1. The summed E-state index contributed by atoms with van der Waals surface area (Å²) >= 11 is 0. The second-order valence-corrected chi connectivity index (χ2v) is 5.59. The first kappa shape index (κ1) is 15.2. The molecule has 0 saturated carbocycles. The zero-order valence-electron chi connectivity index (χ0n) is 11.6. The quantitative estimate of drug-likeness (QED) is 0.714. The molecule has 4 heteroatoms. The number of carbonyl (C=O) groups is 1. The van der Waals surface area contributed by atoms with Crippen LogP contribution in [0.3, 0.4) is 0 Å². The number of allylic oxidation sites excluding steroid dienone is 1. The summed E-state index contributed by atoms with van der Waals surface area (Å²) in [5, 5.41) is 21.3. The fourth-order valence-corrected chi connectivity index (χ4v) is 1.46. The molecule has 1 aromatic rings. The van der Waals surface area contributed by atoms with Crippen LogP contribution in [0.1, 0.15) is 26.3 Å². The molecule has 104 valence electrons. The number of hydrogen-bond donors (Lipinski definition) is 3. The summed E-state index contributed by atoms with van der Waals surface area (Å²) in [6, 6.07) is 5.96. The number of rotatable bonds is 5. The normalized spacial score (nSPS) is 13.6. The van der Waals surface area contributed by atoms with Gasteiger partial charge in [0.25, 0.3) is 0 Å². The second kappa shape index (κ2) is 6.38. The molecule has 1 aromatic carbocycles. The Balaban J connectivity index is 2.62. The molecule has 0 aliphatic carbocycles. The van der Waals surface area contributed by atoms with Gasteiger partial charge in [-0.1, -0.05) is 45.1 Å². The van der Waals surface area contributed by atoms with E-state index in [1.54, 1.807) is 30.3 Å². The van der Waals surface area contributed by atoms with Crippen molar-refractivity contribution in [3.8, 4) is 5.75 Å². The molecular formula is C15H21NO3. The second-order valence-electron chi connectivity index (χ2n) is 5.59. The Morgan fingerprint density at radius 2 is 1.89 bits per heavy atom. The molecule has 19 heavy (non-hydrogen) atoms. The van der Waals surface area contributed by atoms with Crippen molar-refractivity contribution >= 4 is 5.97 Å². The van der Waals surface area contributed by atoms with E-state index in [1.165, 1.54) is 0 Å². The first-order valence-corrected chi connectivity index (χ1v) is 6.21. The minimum absolute atomic E-state index is 0.0477. The third kappa shape index (κ3) is 6.06. The third-order valence-corrected chi connectivity index (χ3v) is 2.52. The van der Waals surface area contributed by atoms with Crippen LogP contribution in [-0.4, -0.2) is 22.2 Å². The van der Waals surface area contributed by atoms with Gasteiger partial charge in [0.15, 0.2) is 0 Å². The molecule has 0 aliphatic rings. The van der Waals surface area contributed by atoms with Gasteiger partial charge < -0.3 is 10.2 Å². The molecule has 1 unspecified atom stereocenters. The molecule has 0 aliphatic heterocycles. The van der Waals surface area contributed by atoms with E-state index in [4.69, 9.17) is 5.11 Å². The lowest BCUT2D eigenvalue weighted by atomic mass is 9.95. The van der Waals surface area contributed by atoms with E-state index in [-0.39, 0.29) is 11.2 Å². The van der Waals surface area contributed by atoms with E-state index >= 15 is 0 Å². The van der Waals surface area contributed by atoms with Crippen LogP contribution in [-0.2, 0) is 11.3 Å². The zero-order chi connectivity index (χ0) is 14.5. The molecule has 0 fully saturated rings. The minimum Gasteiger partial charge on any atom is -0.508 e. The lowest BCUT2D eigenvalue weighted by molar-refractivity contribution is -0.138. The Kier molecular flexibility index (Phi) is 5.12. The van der Waals surface area contributed by atoms with E-state index < -0.39 is 12.0 Å². The molecule has 3 N–H and O–H groups in total. The van der Waals surface area contributed by atoms with Crippen LogP contribution in [0, 0.1) is 5.41 Å². The minimum atomic E-state index is -0.903. The van der Waals surface area contributed by atoms with Crippen LogP contribution >= 0.6 is 0 Å². The van der Waals surface area contributed by atoms with Crippen LogP contribution in [0.15, 0.2) is 36.4 Å². The van der Waals surface area contributed by atoms with Crippen molar-refractivity contribution < 1.29 is 15.0 Å². The topological polar surface area (TPSA) is 69.6 Å².